The van der Waals surface area contributed by atoms with Crippen LogP contribution in [-0.2, 0) is 23.8 Å². The van der Waals surface area contributed by atoms with Gasteiger partial charge in [0.25, 0.3) is 0 Å². The number of amides is 2. The Bertz CT molecular complexity index is 993. The minimum absolute atomic E-state index is 0.0592. The lowest BCUT2D eigenvalue weighted by Gasteiger charge is -2.31. The molecule has 0 aromatic heterocycles. The fourth-order valence-electron chi connectivity index (χ4n) is 4.65. The molecule has 0 spiro atoms. The number of carbonyl (C=O) groups excluding carboxylic acids is 3. The number of halogens is 1. The first-order chi connectivity index (χ1) is 18.7. The lowest BCUT2D eigenvalue weighted by Crippen LogP contribution is -2.47. The summed E-state index contributed by atoms with van der Waals surface area (Å²) < 4.78 is 36.0. The summed E-state index contributed by atoms with van der Waals surface area (Å²) in [5, 5.41) is 5.69. The molecule has 1 aliphatic heterocycles. The van der Waals surface area contributed by atoms with Gasteiger partial charge < -0.3 is 29.6 Å². The molecule has 2 rings (SSSR count). The number of rotatable bonds is 14. The predicted octanol–water partition coefficient (Wildman–Crippen LogP) is 5.71. The second kappa shape index (κ2) is 15.2. The first-order valence-corrected chi connectivity index (χ1v) is 14.1. The summed E-state index contributed by atoms with van der Waals surface area (Å²) in [6.07, 6.45) is 0.470. The van der Waals surface area contributed by atoms with Crippen molar-refractivity contribution < 1.29 is 37.7 Å². The van der Waals surface area contributed by atoms with Crippen molar-refractivity contribution in [2.75, 3.05) is 25.6 Å². The molecule has 40 heavy (non-hydrogen) atoms. The average Bonchev–Trinajstić information content (AvgIpc) is 3.22. The van der Waals surface area contributed by atoms with E-state index in [-0.39, 0.29) is 47.7 Å². The smallest absolute Gasteiger partial charge is 0.408 e. The molecular weight excluding hydrogens is 519 g/mol. The summed E-state index contributed by atoms with van der Waals surface area (Å²) in [7, 11) is 1.60. The van der Waals surface area contributed by atoms with Crippen LogP contribution >= 0.6 is 0 Å². The molecule has 9 nitrogen and oxygen atoms in total. The lowest BCUT2D eigenvalue weighted by atomic mass is 9.83. The third kappa shape index (κ3) is 10.9. The number of methoxy groups -OCH3 is 1. The second-order valence-electron chi connectivity index (χ2n) is 12.1. The number of nitrogens with one attached hydrogen (secondary N) is 2. The van der Waals surface area contributed by atoms with Crippen molar-refractivity contribution in [1.29, 1.82) is 0 Å². The number of hydrogen-bond donors (Lipinski definition) is 2. The zero-order chi connectivity index (χ0) is 30.0. The highest BCUT2D eigenvalue weighted by molar-refractivity contribution is 5.92. The molecule has 4 atom stereocenters. The van der Waals surface area contributed by atoms with Gasteiger partial charge in [-0.3, -0.25) is 9.59 Å². The normalized spacial score (nSPS) is 18.8. The van der Waals surface area contributed by atoms with E-state index in [0.29, 0.717) is 38.2 Å². The van der Waals surface area contributed by atoms with Crippen molar-refractivity contribution in [2.45, 2.75) is 91.9 Å². The quantitative estimate of drug-likeness (QED) is 0.219. The Morgan fingerprint density at radius 2 is 1.85 bits per heavy atom. The molecule has 1 aromatic rings. The van der Waals surface area contributed by atoms with Crippen LogP contribution in [0, 0.1) is 29.5 Å². The molecule has 2 N–H and O–H groups in total. The van der Waals surface area contributed by atoms with Crippen LogP contribution in [-0.4, -0.2) is 56.0 Å². The van der Waals surface area contributed by atoms with Crippen LogP contribution < -0.4 is 15.4 Å². The number of ether oxygens (including phenoxy) is 4. The molecule has 1 saturated heterocycles. The number of anilines is 1. The first kappa shape index (κ1) is 33.3. The van der Waals surface area contributed by atoms with Crippen molar-refractivity contribution in [3.05, 3.63) is 24.0 Å². The molecule has 2 amide bonds. The van der Waals surface area contributed by atoms with Gasteiger partial charge in [-0.25, -0.2) is 9.18 Å². The molecule has 10 heteroatoms. The van der Waals surface area contributed by atoms with Crippen LogP contribution in [0.3, 0.4) is 0 Å². The zero-order valence-corrected chi connectivity index (χ0v) is 25.2. The summed E-state index contributed by atoms with van der Waals surface area (Å²) in [6.45, 7) is 14.1. The minimum Gasteiger partial charge on any atom is -0.491 e. The second-order valence-corrected chi connectivity index (χ2v) is 12.1. The van der Waals surface area contributed by atoms with Crippen LogP contribution in [0.25, 0.3) is 0 Å². The van der Waals surface area contributed by atoms with E-state index in [0.717, 1.165) is 0 Å². The van der Waals surface area contributed by atoms with E-state index in [1.54, 1.807) is 27.9 Å². The highest BCUT2D eigenvalue weighted by atomic mass is 19.1. The van der Waals surface area contributed by atoms with Gasteiger partial charge in [-0.05, 0) is 63.5 Å². The number of hydrogen-bond acceptors (Lipinski definition) is 7. The van der Waals surface area contributed by atoms with E-state index >= 15 is 0 Å². The Kier molecular flexibility index (Phi) is 12.7. The SMILES string of the molecule is COCCCOc1ccc(F)cc1NC(=O)C[C@@H](C[C@H](NC(=O)OC(C)(C)C)[C@H]1C[C@@H](C(C)C)C(=O)O1)C(C)C. The molecule has 0 bridgehead atoms. The maximum Gasteiger partial charge on any atom is 0.408 e. The van der Waals surface area contributed by atoms with Crippen molar-refractivity contribution in [1.82, 2.24) is 5.32 Å². The molecular formula is C30H47FN2O7. The van der Waals surface area contributed by atoms with Gasteiger partial charge in [0.05, 0.1) is 24.3 Å². The van der Waals surface area contributed by atoms with E-state index in [1.165, 1.54) is 18.2 Å². The Morgan fingerprint density at radius 3 is 2.42 bits per heavy atom. The third-order valence-electron chi connectivity index (χ3n) is 6.93. The molecule has 1 fully saturated rings. The van der Waals surface area contributed by atoms with Crippen LogP contribution in [0.5, 0.6) is 5.75 Å². The van der Waals surface area contributed by atoms with E-state index in [9.17, 15) is 18.8 Å². The topological polar surface area (TPSA) is 112 Å². The lowest BCUT2D eigenvalue weighted by molar-refractivity contribution is -0.146. The molecule has 1 aromatic carbocycles. The molecule has 1 aliphatic rings. The highest BCUT2D eigenvalue weighted by Crippen LogP contribution is 2.33. The van der Waals surface area contributed by atoms with Crippen LogP contribution in [0.2, 0.25) is 0 Å². The standard InChI is InChI=1S/C30H47FN2O7/c1-18(2)20(15-27(34)32-24-16-21(31)10-11-25(24)38-13-9-12-37-8)14-23(33-29(36)40-30(5,6)7)26-17-22(19(3)4)28(35)39-26/h10-11,16,18-20,22-23,26H,9,12-15,17H2,1-8H3,(H,32,34)(H,33,36)/t20-,22+,23+,26-/m1/s1. The number of esters is 1. The highest BCUT2D eigenvalue weighted by Gasteiger charge is 2.42. The number of carbonyl (C=O) groups is 3. The summed E-state index contributed by atoms with van der Waals surface area (Å²) in [6, 6.07) is 3.44. The average molecular weight is 567 g/mol. The Hall–Kier alpha value is -2.88. The van der Waals surface area contributed by atoms with Gasteiger partial charge in [0, 0.05) is 32.6 Å². The summed E-state index contributed by atoms with van der Waals surface area (Å²) >= 11 is 0. The van der Waals surface area contributed by atoms with Gasteiger partial charge in [0.15, 0.2) is 0 Å². The number of benzene rings is 1. The van der Waals surface area contributed by atoms with Gasteiger partial charge in [-0.15, -0.1) is 0 Å². The van der Waals surface area contributed by atoms with Crippen LogP contribution in [0.15, 0.2) is 18.2 Å². The maximum absolute atomic E-state index is 14.0. The van der Waals surface area contributed by atoms with Crippen LogP contribution in [0.1, 0.15) is 74.1 Å². The van der Waals surface area contributed by atoms with Crippen molar-refractivity contribution >= 4 is 23.7 Å². The van der Waals surface area contributed by atoms with Gasteiger partial charge in [-0.2, -0.15) is 0 Å². The largest absolute Gasteiger partial charge is 0.491 e. The monoisotopic (exact) mass is 566 g/mol. The van der Waals surface area contributed by atoms with E-state index in [4.69, 9.17) is 18.9 Å². The molecule has 1 heterocycles. The first-order valence-electron chi connectivity index (χ1n) is 14.1. The van der Waals surface area contributed by atoms with Crippen molar-refractivity contribution in [3.8, 4) is 5.75 Å². The summed E-state index contributed by atoms with van der Waals surface area (Å²) in [5.41, 5.74) is -0.453. The molecule has 0 unspecified atom stereocenters. The van der Waals surface area contributed by atoms with E-state index in [2.05, 4.69) is 10.6 Å². The molecule has 226 valence electrons. The predicted molar refractivity (Wildman–Crippen MR) is 151 cm³/mol. The zero-order valence-electron chi connectivity index (χ0n) is 25.2. The van der Waals surface area contributed by atoms with Gasteiger partial charge in [0.2, 0.25) is 5.91 Å². The third-order valence-corrected chi connectivity index (χ3v) is 6.93. The Morgan fingerprint density at radius 1 is 1.15 bits per heavy atom. The molecule has 0 radical (unpaired) electrons. The van der Waals surface area contributed by atoms with Gasteiger partial charge >= 0.3 is 12.1 Å². The van der Waals surface area contributed by atoms with E-state index < -0.39 is 29.7 Å². The summed E-state index contributed by atoms with van der Waals surface area (Å²) in [4.78, 5) is 38.4. The van der Waals surface area contributed by atoms with Gasteiger partial charge in [0.1, 0.15) is 23.3 Å². The maximum atomic E-state index is 14.0. The fraction of sp³-hybridized carbons (Fsp3) is 0.700. The fourth-order valence-corrected chi connectivity index (χ4v) is 4.65. The molecule has 0 saturated carbocycles. The Balaban J connectivity index is 2.17. The van der Waals surface area contributed by atoms with Crippen molar-refractivity contribution in [2.24, 2.45) is 23.7 Å². The summed E-state index contributed by atoms with van der Waals surface area (Å²) in [5.74, 6) is -1.00. The number of alkyl carbamates (subject to hydrolysis) is 1. The number of cyclic esters (lactones) is 1. The molecule has 0 aliphatic carbocycles. The Labute approximate surface area is 237 Å². The van der Waals surface area contributed by atoms with Crippen LogP contribution in [0.4, 0.5) is 14.9 Å². The minimum atomic E-state index is -0.701. The van der Waals surface area contributed by atoms with Gasteiger partial charge in [-0.1, -0.05) is 27.7 Å². The van der Waals surface area contributed by atoms with Crippen molar-refractivity contribution in [3.63, 3.8) is 0 Å². The van der Waals surface area contributed by atoms with E-state index in [1.807, 2.05) is 27.7 Å².